The van der Waals surface area contributed by atoms with Gasteiger partial charge in [0.25, 0.3) is 0 Å². The number of benzene rings is 2. The monoisotopic (exact) mass is 450 g/mol. The summed E-state index contributed by atoms with van der Waals surface area (Å²) < 4.78 is 3.87. The second-order valence-electron chi connectivity index (χ2n) is 7.11. The van der Waals surface area contributed by atoms with Gasteiger partial charge in [0.05, 0.1) is 5.75 Å². The molecule has 9 heteroatoms. The Morgan fingerprint density at radius 2 is 1.81 bits per heavy atom. The molecular formula is C22H22N6OS2. The van der Waals surface area contributed by atoms with E-state index in [-0.39, 0.29) is 11.7 Å². The van der Waals surface area contributed by atoms with Gasteiger partial charge < -0.3 is 9.88 Å². The van der Waals surface area contributed by atoms with E-state index in [4.69, 9.17) is 0 Å². The van der Waals surface area contributed by atoms with Crippen molar-refractivity contribution in [2.75, 3.05) is 11.1 Å². The standard InChI is InChI=1S/C22H22N6OS2/c1-15-10-16(2)12-18(11-15)28-9-8-23-21(28)30-13-20(29)25-17-4-6-19(7-5-17)31-22-26-24-14-27(22)3/h4-12,14H,13H2,1-3H3,(H,25,29). The van der Waals surface area contributed by atoms with Crippen molar-refractivity contribution >= 4 is 35.1 Å². The predicted octanol–water partition coefficient (Wildman–Crippen LogP) is 4.50. The van der Waals surface area contributed by atoms with Crippen LogP contribution >= 0.6 is 23.5 Å². The summed E-state index contributed by atoms with van der Waals surface area (Å²) in [7, 11) is 1.90. The molecule has 0 saturated heterocycles. The Morgan fingerprint density at radius 3 is 2.48 bits per heavy atom. The highest BCUT2D eigenvalue weighted by molar-refractivity contribution is 7.99. The minimum Gasteiger partial charge on any atom is -0.325 e. The SMILES string of the molecule is Cc1cc(C)cc(-n2ccnc2SCC(=O)Nc2ccc(Sc3nncn3C)cc2)c1. The van der Waals surface area contributed by atoms with Gasteiger partial charge in [0.2, 0.25) is 5.91 Å². The molecule has 1 N–H and O–H groups in total. The first-order chi connectivity index (χ1) is 15.0. The number of imidazole rings is 1. The van der Waals surface area contributed by atoms with Crippen LogP contribution in [-0.4, -0.2) is 36.0 Å². The van der Waals surface area contributed by atoms with Gasteiger partial charge >= 0.3 is 0 Å². The fraction of sp³-hybridized carbons (Fsp3) is 0.182. The van der Waals surface area contributed by atoms with Crippen LogP contribution < -0.4 is 5.32 Å². The largest absolute Gasteiger partial charge is 0.325 e. The van der Waals surface area contributed by atoms with Crippen molar-refractivity contribution in [1.82, 2.24) is 24.3 Å². The Bertz CT molecular complexity index is 1180. The smallest absolute Gasteiger partial charge is 0.234 e. The molecule has 0 spiro atoms. The van der Waals surface area contributed by atoms with Crippen molar-refractivity contribution in [3.05, 3.63) is 72.3 Å². The molecule has 0 bridgehead atoms. The van der Waals surface area contributed by atoms with Crippen LogP contribution in [0.1, 0.15) is 11.1 Å². The maximum atomic E-state index is 12.5. The minimum atomic E-state index is -0.0753. The van der Waals surface area contributed by atoms with Crippen LogP contribution in [0, 0.1) is 13.8 Å². The second kappa shape index (κ2) is 9.40. The fourth-order valence-electron chi connectivity index (χ4n) is 3.09. The summed E-state index contributed by atoms with van der Waals surface area (Å²) >= 11 is 2.93. The average Bonchev–Trinajstić information content (AvgIpc) is 3.36. The Balaban J connectivity index is 1.35. The number of hydrogen-bond donors (Lipinski definition) is 1. The molecule has 0 aliphatic heterocycles. The topological polar surface area (TPSA) is 77.6 Å². The molecule has 0 saturated carbocycles. The van der Waals surface area contributed by atoms with Crippen LogP contribution in [0.2, 0.25) is 0 Å². The summed E-state index contributed by atoms with van der Waals surface area (Å²) in [6.45, 7) is 4.15. The third-order valence-corrected chi connectivity index (χ3v) is 6.47. The van der Waals surface area contributed by atoms with E-state index in [1.165, 1.54) is 34.7 Å². The van der Waals surface area contributed by atoms with Crippen molar-refractivity contribution in [2.24, 2.45) is 7.05 Å². The van der Waals surface area contributed by atoms with Gasteiger partial charge in [-0.1, -0.05) is 17.8 Å². The lowest BCUT2D eigenvalue weighted by molar-refractivity contribution is -0.113. The molecule has 0 aliphatic rings. The van der Waals surface area contributed by atoms with E-state index in [2.05, 4.69) is 52.5 Å². The molecule has 158 valence electrons. The number of nitrogens with one attached hydrogen (secondary N) is 1. The number of rotatable bonds is 7. The Hall–Kier alpha value is -3.04. The maximum Gasteiger partial charge on any atom is 0.234 e. The van der Waals surface area contributed by atoms with Crippen LogP contribution in [0.5, 0.6) is 0 Å². The van der Waals surface area contributed by atoms with Crippen molar-refractivity contribution < 1.29 is 4.79 Å². The number of aromatic nitrogens is 5. The molecule has 2 heterocycles. The Labute approximate surface area is 189 Å². The van der Waals surface area contributed by atoms with E-state index in [1.807, 2.05) is 46.6 Å². The fourth-order valence-corrected chi connectivity index (χ4v) is 4.62. The maximum absolute atomic E-state index is 12.5. The van der Waals surface area contributed by atoms with Crippen LogP contribution in [-0.2, 0) is 11.8 Å². The van der Waals surface area contributed by atoms with Crippen molar-refractivity contribution in [2.45, 2.75) is 29.1 Å². The van der Waals surface area contributed by atoms with Crippen LogP contribution in [0.3, 0.4) is 0 Å². The van der Waals surface area contributed by atoms with E-state index in [0.29, 0.717) is 0 Å². The van der Waals surface area contributed by atoms with Gasteiger partial charge in [-0.05, 0) is 73.1 Å². The molecule has 2 aromatic carbocycles. The zero-order chi connectivity index (χ0) is 21.8. The number of carbonyl (C=O) groups is 1. The normalized spacial score (nSPS) is 10.9. The highest BCUT2D eigenvalue weighted by Gasteiger charge is 2.11. The summed E-state index contributed by atoms with van der Waals surface area (Å²) in [5.74, 6) is 0.200. The third kappa shape index (κ3) is 5.36. The van der Waals surface area contributed by atoms with Gasteiger partial charge in [0.15, 0.2) is 10.3 Å². The predicted molar refractivity (Wildman–Crippen MR) is 124 cm³/mol. The summed E-state index contributed by atoms with van der Waals surface area (Å²) in [6.07, 6.45) is 5.34. The molecule has 0 unspecified atom stereocenters. The molecule has 4 rings (SSSR count). The number of hydrogen-bond acceptors (Lipinski definition) is 6. The molecule has 31 heavy (non-hydrogen) atoms. The highest BCUT2D eigenvalue weighted by atomic mass is 32.2. The van der Waals surface area contributed by atoms with E-state index < -0.39 is 0 Å². The molecular weight excluding hydrogens is 428 g/mol. The van der Waals surface area contributed by atoms with E-state index in [0.717, 1.165) is 26.6 Å². The van der Waals surface area contributed by atoms with Crippen LogP contribution in [0.25, 0.3) is 5.69 Å². The average molecular weight is 451 g/mol. The van der Waals surface area contributed by atoms with Crippen molar-refractivity contribution in [3.63, 3.8) is 0 Å². The first-order valence-electron chi connectivity index (χ1n) is 9.64. The number of nitrogens with zero attached hydrogens (tertiary/aromatic N) is 5. The molecule has 0 fully saturated rings. The second-order valence-corrected chi connectivity index (χ2v) is 9.10. The first-order valence-corrected chi connectivity index (χ1v) is 11.4. The number of aryl methyl sites for hydroxylation is 3. The molecule has 4 aromatic rings. The molecule has 0 radical (unpaired) electrons. The Kier molecular flexibility index (Phi) is 6.43. The van der Waals surface area contributed by atoms with Crippen LogP contribution in [0.15, 0.2) is 76.4 Å². The summed E-state index contributed by atoms with van der Waals surface area (Å²) in [4.78, 5) is 17.9. The van der Waals surface area contributed by atoms with E-state index >= 15 is 0 Å². The first kappa shape index (κ1) is 21.2. The van der Waals surface area contributed by atoms with Gasteiger partial charge in [0.1, 0.15) is 6.33 Å². The summed E-state index contributed by atoms with van der Waals surface area (Å²) in [5, 5.41) is 12.5. The Morgan fingerprint density at radius 1 is 1.06 bits per heavy atom. The van der Waals surface area contributed by atoms with E-state index in [1.54, 1.807) is 12.5 Å². The van der Waals surface area contributed by atoms with Gasteiger partial charge in [-0.2, -0.15) is 0 Å². The lowest BCUT2D eigenvalue weighted by Crippen LogP contribution is -2.14. The highest BCUT2D eigenvalue weighted by Crippen LogP contribution is 2.27. The zero-order valence-electron chi connectivity index (χ0n) is 17.4. The lowest BCUT2D eigenvalue weighted by Gasteiger charge is -2.10. The molecule has 0 aliphatic carbocycles. The number of anilines is 1. The lowest BCUT2D eigenvalue weighted by atomic mass is 10.1. The van der Waals surface area contributed by atoms with E-state index in [9.17, 15) is 4.79 Å². The number of thioether (sulfide) groups is 1. The molecule has 2 aromatic heterocycles. The quantitative estimate of drug-likeness (QED) is 0.418. The van der Waals surface area contributed by atoms with Gasteiger partial charge in [-0.3, -0.25) is 9.36 Å². The summed E-state index contributed by atoms with van der Waals surface area (Å²) in [6, 6.07) is 14.0. The van der Waals surface area contributed by atoms with Crippen LogP contribution in [0.4, 0.5) is 5.69 Å². The third-order valence-electron chi connectivity index (χ3n) is 4.44. The van der Waals surface area contributed by atoms with Gasteiger partial charge in [0, 0.05) is 35.7 Å². The molecule has 0 atom stereocenters. The minimum absolute atomic E-state index is 0.0753. The van der Waals surface area contributed by atoms with Crippen molar-refractivity contribution in [1.29, 1.82) is 0 Å². The van der Waals surface area contributed by atoms with Gasteiger partial charge in [-0.15, -0.1) is 10.2 Å². The molecule has 1 amide bonds. The summed E-state index contributed by atoms with van der Waals surface area (Å²) in [5.41, 5.74) is 4.19. The zero-order valence-corrected chi connectivity index (χ0v) is 19.1. The number of carbonyl (C=O) groups excluding carboxylic acids is 1. The van der Waals surface area contributed by atoms with Gasteiger partial charge in [-0.25, -0.2) is 4.98 Å². The molecule has 7 nitrogen and oxygen atoms in total. The van der Waals surface area contributed by atoms with Crippen molar-refractivity contribution in [3.8, 4) is 5.69 Å². The number of amides is 1.